The van der Waals surface area contributed by atoms with E-state index in [0.29, 0.717) is 12.8 Å². The predicted molar refractivity (Wildman–Crippen MR) is 75.8 cm³/mol. The van der Waals surface area contributed by atoms with E-state index in [2.05, 4.69) is 0 Å². The van der Waals surface area contributed by atoms with Crippen LogP contribution in [0.5, 0.6) is 0 Å². The van der Waals surface area contributed by atoms with Crippen LogP contribution in [0.3, 0.4) is 0 Å². The molecule has 0 bridgehead atoms. The second-order valence-electron chi connectivity index (χ2n) is 5.59. The average Bonchev–Trinajstić information content (AvgIpc) is 2.72. The van der Waals surface area contributed by atoms with Crippen molar-refractivity contribution in [3.05, 3.63) is 23.8 Å². The molecule has 2 atom stereocenters. The second kappa shape index (κ2) is 4.87. The maximum absolute atomic E-state index is 12.5. The first-order valence-corrected chi connectivity index (χ1v) is 7.01. The van der Waals surface area contributed by atoms with E-state index >= 15 is 0 Å². The predicted octanol–water partition coefficient (Wildman–Crippen LogP) is 1.65. The highest BCUT2D eigenvalue weighted by Crippen LogP contribution is 2.41. The van der Waals surface area contributed by atoms with Crippen molar-refractivity contribution in [2.45, 2.75) is 25.7 Å². The monoisotopic (exact) mass is 288 g/mol. The number of nitrogens with two attached hydrogens (primary N) is 1. The number of benzene rings is 1. The van der Waals surface area contributed by atoms with E-state index in [0.717, 1.165) is 17.7 Å². The van der Waals surface area contributed by atoms with Crippen LogP contribution in [-0.2, 0) is 9.59 Å². The van der Waals surface area contributed by atoms with Crippen LogP contribution in [0.2, 0.25) is 0 Å². The Morgan fingerprint density at radius 2 is 1.71 bits per heavy atom. The Morgan fingerprint density at radius 1 is 1.14 bits per heavy atom. The summed E-state index contributed by atoms with van der Waals surface area (Å²) in [6.07, 6.45) is 3.26. The van der Waals surface area contributed by atoms with Gasteiger partial charge in [0.05, 0.1) is 23.1 Å². The number of rotatable bonds is 2. The van der Waals surface area contributed by atoms with Crippen molar-refractivity contribution < 1.29 is 19.5 Å². The quantitative estimate of drug-likeness (QED) is 0.636. The molecule has 1 heterocycles. The topological polar surface area (TPSA) is 101 Å². The summed E-state index contributed by atoms with van der Waals surface area (Å²) < 4.78 is 0. The van der Waals surface area contributed by atoms with Crippen molar-refractivity contribution in [1.82, 2.24) is 0 Å². The first-order chi connectivity index (χ1) is 10.0. The number of carboxylic acids is 1. The summed E-state index contributed by atoms with van der Waals surface area (Å²) in [5, 5.41) is 9.28. The zero-order valence-corrected chi connectivity index (χ0v) is 11.4. The van der Waals surface area contributed by atoms with E-state index in [4.69, 9.17) is 5.73 Å². The lowest BCUT2D eigenvalue weighted by molar-refractivity contribution is -0.122. The van der Waals surface area contributed by atoms with E-state index in [1.807, 2.05) is 0 Å². The molecule has 0 radical (unpaired) electrons. The van der Waals surface area contributed by atoms with Crippen LogP contribution in [0, 0.1) is 11.8 Å². The molecule has 110 valence electrons. The molecule has 21 heavy (non-hydrogen) atoms. The third-order valence-electron chi connectivity index (χ3n) is 4.33. The van der Waals surface area contributed by atoms with Gasteiger partial charge in [-0.2, -0.15) is 0 Å². The number of carbonyl (C=O) groups is 3. The molecule has 1 aromatic rings. The third-order valence-corrected chi connectivity index (χ3v) is 4.33. The van der Waals surface area contributed by atoms with Gasteiger partial charge in [0.25, 0.3) is 0 Å². The number of nitrogens with zero attached hydrogens (tertiary/aromatic N) is 1. The first kappa shape index (κ1) is 13.6. The standard InChI is InChI=1S/C15H16N2O4/c16-8-5-6-12(11(7-8)15(20)21)17-13(18)9-3-1-2-4-10(9)14(17)19/h5-7,9-10H,1-4,16H2,(H,20,21). The summed E-state index contributed by atoms with van der Waals surface area (Å²) in [5.74, 6) is -2.36. The first-order valence-electron chi connectivity index (χ1n) is 7.01. The molecule has 3 rings (SSSR count). The fraction of sp³-hybridized carbons (Fsp3) is 0.400. The summed E-state index contributed by atoms with van der Waals surface area (Å²) in [7, 11) is 0. The molecule has 1 aliphatic heterocycles. The van der Waals surface area contributed by atoms with Gasteiger partial charge in [-0.3, -0.25) is 9.59 Å². The SMILES string of the molecule is Nc1ccc(N2C(=O)C3CCCCC3C2=O)c(C(=O)O)c1. The number of fused-ring (bicyclic) bond motifs is 1. The van der Waals surface area contributed by atoms with Gasteiger partial charge in [-0.25, -0.2) is 9.69 Å². The lowest BCUT2D eigenvalue weighted by atomic mass is 9.81. The fourth-order valence-corrected chi connectivity index (χ4v) is 3.32. The Hall–Kier alpha value is -2.37. The number of aromatic carboxylic acids is 1. The average molecular weight is 288 g/mol. The highest BCUT2D eigenvalue weighted by atomic mass is 16.4. The van der Waals surface area contributed by atoms with Gasteiger partial charge in [0.15, 0.2) is 0 Å². The van der Waals surface area contributed by atoms with E-state index < -0.39 is 5.97 Å². The van der Waals surface area contributed by atoms with Crippen LogP contribution in [0.25, 0.3) is 0 Å². The van der Waals surface area contributed by atoms with Gasteiger partial charge in [-0.15, -0.1) is 0 Å². The van der Waals surface area contributed by atoms with Crippen molar-refractivity contribution >= 4 is 29.2 Å². The number of nitrogen functional groups attached to an aromatic ring is 1. The minimum absolute atomic E-state index is 0.115. The molecule has 2 aliphatic rings. The normalized spacial score (nSPS) is 25.0. The van der Waals surface area contributed by atoms with Gasteiger partial charge >= 0.3 is 5.97 Å². The number of imide groups is 1. The Labute approximate surface area is 121 Å². The van der Waals surface area contributed by atoms with Crippen molar-refractivity contribution in [3.8, 4) is 0 Å². The lowest BCUT2D eigenvalue weighted by Gasteiger charge is -2.19. The highest BCUT2D eigenvalue weighted by Gasteiger charge is 2.49. The van der Waals surface area contributed by atoms with Crippen LogP contribution in [0.15, 0.2) is 18.2 Å². The number of carbonyl (C=O) groups excluding carboxylic acids is 2. The van der Waals surface area contributed by atoms with Gasteiger partial charge in [-0.05, 0) is 31.0 Å². The van der Waals surface area contributed by atoms with Crippen LogP contribution in [-0.4, -0.2) is 22.9 Å². The molecule has 2 amide bonds. The molecule has 1 saturated carbocycles. The van der Waals surface area contributed by atoms with Gasteiger partial charge in [0.1, 0.15) is 0 Å². The van der Waals surface area contributed by atoms with Gasteiger partial charge < -0.3 is 10.8 Å². The lowest BCUT2D eigenvalue weighted by Crippen LogP contribution is -2.32. The van der Waals surface area contributed by atoms with Crippen LogP contribution < -0.4 is 10.6 Å². The van der Waals surface area contributed by atoms with Crippen LogP contribution in [0.1, 0.15) is 36.0 Å². The largest absolute Gasteiger partial charge is 0.478 e. The summed E-state index contributed by atoms with van der Waals surface area (Å²) in [4.78, 5) is 37.4. The van der Waals surface area contributed by atoms with Crippen LogP contribution >= 0.6 is 0 Å². The second-order valence-corrected chi connectivity index (χ2v) is 5.59. The minimum atomic E-state index is -1.20. The molecule has 1 aromatic carbocycles. The van der Waals surface area contributed by atoms with Gasteiger partial charge in [0.2, 0.25) is 11.8 Å². The fourth-order valence-electron chi connectivity index (χ4n) is 3.32. The number of hydrogen-bond acceptors (Lipinski definition) is 4. The Balaban J connectivity index is 2.06. The molecule has 6 nitrogen and oxygen atoms in total. The smallest absolute Gasteiger partial charge is 0.337 e. The van der Waals surface area contributed by atoms with E-state index in [9.17, 15) is 19.5 Å². The molecular weight excluding hydrogens is 272 g/mol. The summed E-state index contributed by atoms with van der Waals surface area (Å²) in [6, 6.07) is 4.22. The van der Waals surface area contributed by atoms with Crippen molar-refractivity contribution in [2.75, 3.05) is 10.6 Å². The van der Waals surface area contributed by atoms with Crippen molar-refractivity contribution in [2.24, 2.45) is 11.8 Å². The van der Waals surface area contributed by atoms with E-state index in [-0.39, 0.29) is 40.6 Å². The van der Waals surface area contributed by atoms with Crippen LogP contribution in [0.4, 0.5) is 11.4 Å². The minimum Gasteiger partial charge on any atom is -0.478 e. The maximum Gasteiger partial charge on any atom is 0.337 e. The van der Waals surface area contributed by atoms with Gasteiger partial charge in [0, 0.05) is 5.69 Å². The molecule has 0 spiro atoms. The Morgan fingerprint density at radius 3 is 2.24 bits per heavy atom. The Kier molecular flexibility index (Phi) is 3.16. The molecule has 1 saturated heterocycles. The van der Waals surface area contributed by atoms with E-state index in [1.165, 1.54) is 18.2 Å². The molecular formula is C15H16N2O4. The van der Waals surface area contributed by atoms with Gasteiger partial charge in [-0.1, -0.05) is 12.8 Å². The van der Waals surface area contributed by atoms with Crippen molar-refractivity contribution in [3.63, 3.8) is 0 Å². The molecule has 2 fully saturated rings. The zero-order valence-electron chi connectivity index (χ0n) is 11.4. The van der Waals surface area contributed by atoms with Crippen molar-refractivity contribution in [1.29, 1.82) is 0 Å². The van der Waals surface area contributed by atoms with E-state index in [1.54, 1.807) is 0 Å². The molecule has 3 N–H and O–H groups in total. The molecule has 2 unspecified atom stereocenters. The zero-order chi connectivity index (χ0) is 15.1. The highest BCUT2D eigenvalue weighted by molar-refractivity contribution is 6.23. The third kappa shape index (κ3) is 2.07. The summed E-state index contributed by atoms with van der Waals surface area (Å²) in [6.45, 7) is 0. The Bertz CT molecular complexity index is 617. The molecule has 1 aliphatic carbocycles. The number of amides is 2. The number of anilines is 2. The maximum atomic E-state index is 12.5. The molecule has 6 heteroatoms. The number of hydrogen-bond donors (Lipinski definition) is 2. The summed E-state index contributed by atoms with van der Waals surface area (Å²) in [5.41, 5.74) is 5.89. The molecule has 0 aromatic heterocycles. The number of carboxylic acid groups (broad SMARTS) is 1. The summed E-state index contributed by atoms with van der Waals surface area (Å²) >= 11 is 0.